The molecule has 0 aliphatic carbocycles. The molecular formula is C21H21N8O6S2+. The highest BCUT2D eigenvalue weighted by Crippen LogP contribution is 2.40. The van der Waals surface area contributed by atoms with E-state index in [2.05, 4.69) is 26.4 Å². The Balaban J connectivity index is 1.52. The number of amides is 3. The summed E-state index contributed by atoms with van der Waals surface area (Å²) in [7, 11) is 0. The molecule has 16 heteroatoms. The number of carbonyl (C=O) groups excluding carboxylic acids is 3. The summed E-state index contributed by atoms with van der Waals surface area (Å²) in [5.41, 5.74) is 11.2. The first-order valence-electron chi connectivity index (χ1n) is 10.6. The molecule has 14 nitrogen and oxygen atoms in total. The number of hydrogen-bond acceptors (Lipinski definition) is 11. The van der Waals surface area contributed by atoms with Gasteiger partial charge in [0.05, 0.1) is 5.56 Å². The van der Waals surface area contributed by atoms with Gasteiger partial charge in [-0.25, -0.2) is 9.36 Å². The Labute approximate surface area is 217 Å². The first kappa shape index (κ1) is 25.8. The Morgan fingerprint density at radius 1 is 1.38 bits per heavy atom. The summed E-state index contributed by atoms with van der Waals surface area (Å²) in [6.45, 7) is 3.69. The number of fused-ring (bicyclic) bond motifs is 1. The van der Waals surface area contributed by atoms with Crippen molar-refractivity contribution in [3.8, 4) is 0 Å². The van der Waals surface area contributed by atoms with Crippen molar-refractivity contribution in [2.24, 2.45) is 10.9 Å². The minimum absolute atomic E-state index is 0.0177. The average Bonchev–Trinajstić information content (AvgIpc) is 3.30. The Morgan fingerprint density at radius 3 is 2.70 bits per heavy atom. The molecule has 6 N–H and O–H groups in total. The number of nitrogens with two attached hydrogens (primary N) is 2. The van der Waals surface area contributed by atoms with Crippen molar-refractivity contribution in [3.63, 3.8) is 0 Å². The predicted octanol–water partition coefficient (Wildman–Crippen LogP) is -1.15. The number of thioether (sulfide) groups is 1. The largest absolute Gasteiger partial charge is 0.477 e. The number of carbonyl (C=O) groups is 4. The predicted molar refractivity (Wildman–Crippen MR) is 132 cm³/mol. The van der Waals surface area contributed by atoms with E-state index in [0.717, 1.165) is 16.4 Å². The van der Waals surface area contributed by atoms with Crippen LogP contribution in [0.2, 0.25) is 0 Å². The number of carboxylic acid groups (broad SMARTS) is 1. The van der Waals surface area contributed by atoms with Gasteiger partial charge in [0.15, 0.2) is 24.1 Å². The number of aromatic nitrogens is 3. The highest BCUT2D eigenvalue weighted by Gasteiger charge is 2.54. The molecular weight excluding hydrogens is 524 g/mol. The van der Waals surface area contributed by atoms with Gasteiger partial charge in [0, 0.05) is 35.0 Å². The quantitative estimate of drug-likeness (QED) is 0.0704. The SMILES string of the molecule is C=CCON=C(C(=O)NC1C(=O)N2C(C(=O)O)=C(C[n+]3ccc(C(N)=O)cc3)CS[C@H]12)c1nsc(N)n1. The number of hydrogen-bond donors (Lipinski definition) is 4. The third kappa shape index (κ3) is 5.29. The van der Waals surface area contributed by atoms with Crippen LogP contribution in [0, 0.1) is 0 Å². The van der Waals surface area contributed by atoms with Crippen molar-refractivity contribution < 1.29 is 33.7 Å². The molecule has 1 unspecified atom stereocenters. The summed E-state index contributed by atoms with van der Waals surface area (Å²) in [6.07, 6.45) is 4.62. The second-order valence-corrected chi connectivity index (χ2v) is 9.61. The van der Waals surface area contributed by atoms with Crippen molar-refractivity contribution in [2.75, 3.05) is 18.1 Å². The van der Waals surface area contributed by atoms with Crippen molar-refractivity contribution >= 4 is 57.8 Å². The van der Waals surface area contributed by atoms with Gasteiger partial charge < -0.3 is 26.7 Å². The minimum Gasteiger partial charge on any atom is -0.477 e. The van der Waals surface area contributed by atoms with Gasteiger partial charge in [0.2, 0.25) is 17.4 Å². The molecule has 1 saturated heterocycles. The lowest BCUT2D eigenvalue weighted by atomic mass is 10.0. The zero-order valence-corrected chi connectivity index (χ0v) is 20.7. The highest BCUT2D eigenvalue weighted by molar-refractivity contribution is 8.00. The van der Waals surface area contributed by atoms with E-state index in [9.17, 15) is 24.3 Å². The van der Waals surface area contributed by atoms with Gasteiger partial charge >= 0.3 is 5.97 Å². The first-order chi connectivity index (χ1) is 17.7. The van der Waals surface area contributed by atoms with Gasteiger partial charge in [-0.05, 0) is 0 Å². The Bertz CT molecular complexity index is 1340. The second kappa shape index (κ2) is 10.8. The molecule has 2 aliphatic rings. The molecule has 192 valence electrons. The molecule has 4 rings (SSSR count). The number of pyridine rings is 1. The normalized spacial score (nSPS) is 19.1. The summed E-state index contributed by atoms with van der Waals surface area (Å²) >= 11 is 2.16. The fraction of sp³-hybridized carbons (Fsp3) is 0.238. The number of nitrogens with one attached hydrogen (secondary N) is 1. The van der Waals surface area contributed by atoms with E-state index in [0.29, 0.717) is 16.9 Å². The molecule has 2 aliphatic heterocycles. The third-order valence-electron chi connectivity index (χ3n) is 5.30. The van der Waals surface area contributed by atoms with E-state index in [1.54, 1.807) is 17.0 Å². The van der Waals surface area contributed by atoms with Gasteiger partial charge in [-0.2, -0.15) is 9.36 Å². The smallest absolute Gasteiger partial charge is 0.352 e. The monoisotopic (exact) mass is 545 g/mol. The maximum atomic E-state index is 13.0. The van der Waals surface area contributed by atoms with E-state index in [1.807, 2.05) is 0 Å². The summed E-state index contributed by atoms with van der Waals surface area (Å²) < 4.78 is 5.64. The van der Waals surface area contributed by atoms with Crippen molar-refractivity contribution in [2.45, 2.75) is 18.0 Å². The number of carboxylic acids is 1. The van der Waals surface area contributed by atoms with Crippen molar-refractivity contribution in [1.82, 2.24) is 19.6 Å². The van der Waals surface area contributed by atoms with Crippen LogP contribution in [0.15, 0.2) is 53.6 Å². The van der Waals surface area contributed by atoms with Crippen molar-refractivity contribution in [3.05, 3.63) is 59.8 Å². The third-order valence-corrected chi connectivity index (χ3v) is 7.18. The van der Waals surface area contributed by atoms with Crippen LogP contribution in [-0.2, 0) is 25.8 Å². The second-order valence-electron chi connectivity index (χ2n) is 7.72. The minimum atomic E-state index is -1.27. The van der Waals surface area contributed by atoms with Crippen LogP contribution >= 0.6 is 23.3 Å². The van der Waals surface area contributed by atoms with Crippen LogP contribution in [0.3, 0.4) is 0 Å². The van der Waals surface area contributed by atoms with Crippen LogP contribution in [0.25, 0.3) is 0 Å². The maximum Gasteiger partial charge on any atom is 0.352 e. The number of oxime groups is 1. The molecule has 0 bridgehead atoms. The van der Waals surface area contributed by atoms with Crippen LogP contribution in [0.1, 0.15) is 16.2 Å². The van der Waals surface area contributed by atoms with Gasteiger partial charge in [-0.15, -0.1) is 11.8 Å². The fourth-order valence-corrected chi connectivity index (χ4v) is 5.40. The average molecular weight is 546 g/mol. The van der Waals surface area contributed by atoms with E-state index in [1.165, 1.54) is 30.0 Å². The Morgan fingerprint density at radius 2 is 2.11 bits per heavy atom. The van der Waals surface area contributed by atoms with Crippen LogP contribution in [0.4, 0.5) is 5.13 Å². The topological polar surface area (TPSA) is 207 Å². The lowest BCUT2D eigenvalue weighted by molar-refractivity contribution is -0.689. The van der Waals surface area contributed by atoms with Crippen LogP contribution in [-0.4, -0.2) is 72.5 Å². The fourth-order valence-electron chi connectivity index (χ4n) is 3.63. The molecule has 0 saturated carbocycles. The molecule has 2 atom stereocenters. The maximum absolute atomic E-state index is 13.0. The highest BCUT2D eigenvalue weighted by atomic mass is 32.2. The lowest BCUT2D eigenvalue weighted by Crippen LogP contribution is -2.71. The number of rotatable bonds is 10. The van der Waals surface area contributed by atoms with Crippen LogP contribution < -0.4 is 21.4 Å². The lowest BCUT2D eigenvalue weighted by Gasteiger charge is -2.49. The zero-order chi connectivity index (χ0) is 26.7. The molecule has 0 spiro atoms. The van der Waals surface area contributed by atoms with Gasteiger partial charge in [-0.3, -0.25) is 19.3 Å². The van der Waals surface area contributed by atoms with Gasteiger partial charge in [0.1, 0.15) is 23.7 Å². The number of β-lactam (4-membered cyclic amide) rings is 1. The zero-order valence-electron chi connectivity index (χ0n) is 19.1. The van der Waals surface area contributed by atoms with E-state index >= 15 is 0 Å². The molecule has 0 aromatic carbocycles. The first-order valence-corrected chi connectivity index (χ1v) is 12.4. The molecule has 37 heavy (non-hydrogen) atoms. The number of anilines is 1. The summed E-state index contributed by atoms with van der Waals surface area (Å²) in [5.74, 6) is -3.00. The van der Waals surface area contributed by atoms with E-state index in [4.69, 9.17) is 16.3 Å². The molecule has 4 heterocycles. The number of primary amides is 1. The summed E-state index contributed by atoms with van der Waals surface area (Å²) in [5, 5.41) is 15.7. The Hall–Kier alpha value is -4.31. The Kier molecular flexibility index (Phi) is 7.49. The van der Waals surface area contributed by atoms with Crippen molar-refractivity contribution in [1.29, 1.82) is 0 Å². The standard InChI is InChI=1S/C21H20N8O6S2/c1-2-7-35-26-12(16-25-21(23)37-27-16)17(31)24-13-18(32)29-14(20(33)34)11(9-36-19(13)29)8-28-5-3-10(4-6-28)15(22)30/h2-6,13,19H,1,7-9H2,(H5-,22,23,24,25,27,30,31,33,34)/p+1/t13?,19-/m1/s1. The molecule has 3 amide bonds. The number of nitrogen functional groups attached to an aromatic ring is 1. The molecule has 2 aromatic rings. The summed E-state index contributed by atoms with van der Waals surface area (Å²) in [4.78, 5) is 59.5. The van der Waals surface area contributed by atoms with Gasteiger partial charge in [0.25, 0.3) is 11.8 Å². The van der Waals surface area contributed by atoms with E-state index in [-0.39, 0.29) is 35.5 Å². The van der Waals surface area contributed by atoms with Crippen LogP contribution in [0.5, 0.6) is 0 Å². The molecule has 1 fully saturated rings. The van der Waals surface area contributed by atoms with Gasteiger partial charge in [-0.1, -0.05) is 17.8 Å². The van der Waals surface area contributed by atoms with E-state index < -0.39 is 35.1 Å². The number of aliphatic carboxylic acids is 1. The summed E-state index contributed by atoms with van der Waals surface area (Å²) in [6, 6.07) is 2.03. The molecule has 0 radical (unpaired) electrons. The molecule has 2 aromatic heterocycles. The number of nitrogens with zero attached hydrogens (tertiary/aromatic N) is 5.